The standard InChI is InChI=1S/C21H28N6O4/c1-2-31-26-19(28)15-4-3-9-27(12-15)18-11-17(24-21(23)25-18)14-7-5-13(6-8-14)10-16(22)20(29)30/h5-8,11,15-16H,2-4,9-10,12,22H2,1H3,(H,26,28)(H,29,30)(H2,23,24,25)/t15?,16-/m0/s1. The molecule has 166 valence electrons. The quantitative estimate of drug-likeness (QED) is 0.450. The maximum atomic E-state index is 12.3. The summed E-state index contributed by atoms with van der Waals surface area (Å²) in [6.45, 7) is 3.50. The van der Waals surface area contributed by atoms with E-state index in [0.29, 0.717) is 24.7 Å². The fourth-order valence-electron chi connectivity index (χ4n) is 3.54. The number of carbonyl (C=O) groups is 2. The van der Waals surface area contributed by atoms with Gasteiger partial charge in [0.25, 0.3) is 0 Å². The van der Waals surface area contributed by atoms with Crippen molar-refractivity contribution in [2.45, 2.75) is 32.2 Å². The Balaban J connectivity index is 1.75. The van der Waals surface area contributed by atoms with E-state index in [2.05, 4.69) is 15.4 Å². The highest BCUT2D eigenvalue weighted by Gasteiger charge is 2.27. The molecule has 2 heterocycles. The van der Waals surface area contributed by atoms with E-state index in [9.17, 15) is 9.59 Å². The highest BCUT2D eigenvalue weighted by atomic mass is 16.6. The zero-order valence-electron chi connectivity index (χ0n) is 17.5. The normalized spacial score (nSPS) is 17.2. The molecule has 10 heteroatoms. The summed E-state index contributed by atoms with van der Waals surface area (Å²) in [4.78, 5) is 39.0. The van der Waals surface area contributed by atoms with E-state index >= 15 is 0 Å². The summed E-state index contributed by atoms with van der Waals surface area (Å²) < 4.78 is 0. The molecule has 3 rings (SSSR count). The SMILES string of the molecule is CCONC(=O)C1CCCN(c2cc(-c3ccc(C[C@H](N)C(=O)O)cc3)nc(N)n2)C1. The van der Waals surface area contributed by atoms with Gasteiger partial charge in [0.1, 0.15) is 11.9 Å². The lowest BCUT2D eigenvalue weighted by Gasteiger charge is -2.32. The molecule has 6 N–H and O–H groups in total. The first kappa shape index (κ1) is 22.4. The Labute approximate surface area is 180 Å². The monoisotopic (exact) mass is 428 g/mol. The second kappa shape index (κ2) is 10.2. The van der Waals surface area contributed by atoms with E-state index in [0.717, 1.165) is 30.5 Å². The summed E-state index contributed by atoms with van der Waals surface area (Å²) >= 11 is 0. The highest BCUT2D eigenvalue weighted by molar-refractivity contribution is 5.78. The molecule has 1 fully saturated rings. The first-order chi connectivity index (χ1) is 14.9. The number of amides is 1. The number of carboxylic acid groups (broad SMARTS) is 1. The third kappa shape index (κ3) is 5.89. The van der Waals surface area contributed by atoms with Crippen LogP contribution in [0.1, 0.15) is 25.3 Å². The molecule has 1 unspecified atom stereocenters. The average molecular weight is 428 g/mol. The Kier molecular flexibility index (Phi) is 7.37. The van der Waals surface area contributed by atoms with Gasteiger partial charge in [-0.05, 0) is 31.7 Å². The van der Waals surface area contributed by atoms with Gasteiger partial charge in [-0.3, -0.25) is 14.4 Å². The van der Waals surface area contributed by atoms with Gasteiger partial charge in [0.2, 0.25) is 11.9 Å². The van der Waals surface area contributed by atoms with Crippen molar-refractivity contribution in [3.05, 3.63) is 35.9 Å². The number of nitrogen functional groups attached to an aromatic ring is 1. The van der Waals surface area contributed by atoms with Gasteiger partial charge in [0.15, 0.2) is 0 Å². The number of anilines is 2. The minimum absolute atomic E-state index is 0.135. The predicted octanol–water partition coefficient (Wildman–Crippen LogP) is 0.964. The van der Waals surface area contributed by atoms with Crippen LogP contribution in [0.5, 0.6) is 0 Å². The fraction of sp³-hybridized carbons (Fsp3) is 0.429. The van der Waals surface area contributed by atoms with Crippen LogP contribution >= 0.6 is 0 Å². The Morgan fingerprint density at radius 1 is 1.32 bits per heavy atom. The molecule has 2 aromatic rings. The van der Waals surface area contributed by atoms with E-state index in [1.54, 1.807) is 0 Å². The number of nitrogens with zero attached hydrogens (tertiary/aromatic N) is 3. The van der Waals surface area contributed by atoms with E-state index < -0.39 is 12.0 Å². The molecule has 1 aliphatic heterocycles. The second-order valence-electron chi connectivity index (χ2n) is 7.50. The van der Waals surface area contributed by atoms with Crippen LogP contribution in [-0.2, 0) is 20.8 Å². The zero-order valence-corrected chi connectivity index (χ0v) is 17.5. The van der Waals surface area contributed by atoms with Crippen LogP contribution in [-0.4, -0.2) is 52.7 Å². The third-order valence-electron chi connectivity index (χ3n) is 5.19. The van der Waals surface area contributed by atoms with Gasteiger partial charge in [-0.2, -0.15) is 4.98 Å². The van der Waals surface area contributed by atoms with Crippen LogP contribution < -0.4 is 21.8 Å². The number of piperidine rings is 1. The highest BCUT2D eigenvalue weighted by Crippen LogP contribution is 2.27. The molecule has 2 atom stereocenters. The summed E-state index contributed by atoms with van der Waals surface area (Å²) in [6.07, 6.45) is 1.87. The van der Waals surface area contributed by atoms with Crippen molar-refractivity contribution in [3.63, 3.8) is 0 Å². The number of aliphatic carboxylic acids is 1. The van der Waals surface area contributed by atoms with Gasteiger partial charge >= 0.3 is 5.97 Å². The fourth-order valence-corrected chi connectivity index (χ4v) is 3.54. The molecule has 0 aliphatic carbocycles. The minimum atomic E-state index is -1.04. The Morgan fingerprint density at radius 2 is 2.06 bits per heavy atom. The van der Waals surface area contributed by atoms with Crippen molar-refractivity contribution in [2.24, 2.45) is 11.7 Å². The number of benzene rings is 1. The largest absolute Gasteiger partial charge is 0.480 e. The van der Waals surface area contributed by atoms with Crippen LogP contribution in [0.15, 0.2) is 30.3 Å². The van der Waals surface area contributed by atoms with Crippen molar-refractivity contribution in [3.8, 4) is 11.3 Å². The number of nitrogens with one attached hydrogen (secondary N) is 1. The molecule has 1 aliphatic rings. The van der Waals surface area contributed by atoms with Gasteiger partial charge < -0.3 is 21.5 Å². The maximum absolute atomic E-state index is 12.3. The summed E-state index contributed by atoms with van der Waals surface area (Å²) in [5.74, 6) is -0.563. The summed E-state index contributed by atoms with van der Waals surface area (Å²) in [5.41, 5.74) is 16.3. The number of carbonyl (C=O) groups excluding carboxylic acids is 1. The van der Waals surface area contributed by atoms with Crippen LogP contribution in [0.2, 0.25) is 0 Å². The first-order valence-electron chi connectivity index (χ1n) is 10.3. The maximum Gasteiger partial charge on any atom is 0.320 e. The lowest BCUT2D eigenvalue weighted by atomic mass is 9.97. The van der Waals surface area contributed by atoms with Crippen LogP contribution in [0.25, 0.3) is 11.3 Å². The number of hydroxylamine groups is 1. The topological polar surface area (TPSA) is 157 Å². The summed E-state index contributed by atoms with van der Waals surface area (Å²) in [7, 11) is 0. The lowest BCUT2D eigenvalue weighted by molar-refractivity contribution is -0.138. The number of carboxylic acids is 1. The average Bonchev–Trinajstić information content (AvgIpc) is 2.77. The van der Waals surface area contributed by atoms with Gasteiger partial charge in [0, 0.05) is 24.7 Å². The molecular weight excluding hydrogens is 400 g/mol. The molecule has 1 aromatic carbocycles. The van der Waals surface area contributed by atoms with Crippen LogP contribution in [0.3, 0.4) is 0 Å². The number of nitrogens with two attached hydrogens (primary N) is 2. The Morgan fingerprint density at radius 3 is 2.74 bits per heavy atom. The van der Waals surface area contributed by atoms with Crippen LogP contribution in [0, 0.1) is 5.92 Å². The van der Waals surface area contributed by atoms with Gasteiger partial charge in [-0.15, -0.1) is 0 Å². The molecule has 10 nitrogen and oxygen atoms in total. The van der Waals surface area contributed by atoms with Crippen molar-refractivity contribution < 1.29 is 19.5 Å². The van der Waals surface area contributed by atoms with Gasteiger partial charge in [-0.1, -0.05) is 24.3 Å². The smallest absolute Gasteiger partial charge is 0.320 e. The molecule has 1 aromatic heterocycles. The summed E-state index contributed by atoms with van der Waals surface area (Å²) in [5, 5.41) is 8.96. The van der Waals surface area contributed by atoms with E-state index in [1.165, 1.54) is 0 Å². The van der Waals surface area contributed by atoms with E-state index in [1.807, 2.05) is 42.2 Å². The number of hydrogen-bond acceptors (Lipinski definition) is 8. The molecule has 1 amide bonds. The van der Waals surface area contributed by atoms with Crippen LogP contribution in [0.4, 0.5) is 11.8 Å². The Bertz CT molecular complexity index is 921. The molecule has 31 heavy (non-hydrogen) atoms. The minimum Gasteiger partial charge on any atom is -0.480 e. The van der Waals surface area contributed by atoms with Crippen molar-refractivity contribution in [1.29, 1.82) is 0 Å². The molecule has 0 bridgehead atoms. The summed E-state index contributed by atoms with van der Waals surface area (Å²) in [6, 6.07) is 8.25. The van der Waals surface area contributed by atoms with Gasteiger partial charge in [0.05, 0.1) is 18.2 Å². The molecule has 0 spiro atoms. The Hall–Kier alpha value is -3.24. The second-order valence-corrected chi connectivity index (χ2v) is 7.50. The van der Waals surface area contributed by atoms with Crippen molar-refractivity contribution >= 4 is 23.6 Å². The lowest BCUT2D eigenvalue weighted by Crippen LogP contribution is -2.43. The third-order valence-corrected chi connectivity index (χ3v) is 5.19. The van der Waals surface area contributed by atoms with Crippen molar-refractivity contribution in [1.82, 2.24) is 15.4 Å². The van der Waals surface area contributed by atoms with Gasteiger partial charge in [-0.25, -0.2) is 10.5 Å². The zero-order chi connectivity index (χ0) is 22.4. The van der Waals surface area contributed by atoms with E-state index in [-0.39, 0.29) is 24.2 Å². The van der Waals surface area contributed by atoms with Crippen molar-refractivity contribution in [2.75, 3.05) is 30.3 Å². The molecule has 0 saturated carbocycles. The predicted molar refractivity (Wildman–Crippen MR) is 116 cm³/mol. The van der Waals surface area contributed by atoms with E-state index in [4.69, 9.17) is 21.4 Å². The molecular formula is C21H28N6O4. The number of rotatable bonds is 8. The molecule has 1 saturated heterocycles. The first-order valence-corrected chi connectivity index (χ1v) is 10.3. The molecule has 0 radical (unpaired) electrons. The number of hydrogen-bond donors (Lipinski definition) is 4. The number of aromatic nitrogens is 2.